The molecule has 2 rings (SSSR count). The molecule has 2 aromatic rings. The van der Waals surface area contributed by atoms with Crippen molar-refractivity contribution in [3.8, 4) is 0 Å². The van der Waals surface area contributed by atoms with E-state index in [4.69, 9.17) is 0 Å². The summed E-state index contributed by atoms with van der Waals surface area (Å²) in [5, 5.41) is 4.09. The molecule has 0 saturated carbocycles. The first-order valence-electron chi connectivity index (χ1n) is 4.55. The maximum Gasteiger partial charge on any atom is 0.217 e. The third kappa shape index (κ3) is 2.53. The first-order chi connectivity index (χ1) is 7.25. The van der Waals surface area contributed by atoms with E-state index in [9.17, 15) is 0 Å². The third-order valence-electron chi connectivity index (χ3n) is 2.00. The topological polar surface area (TPSA) is 30.7 Å². The van der Waals surface area contributed by atoms with Crippen molar-refractivity contribution in [3.05, 3.63) is 46.5 Å². The molecule has 0 atom stereocenters. The van der Waals surface area contributed by atoms with Crippen LogP contribution in [0.4, 0.5) is 0 Å². The Morgan fingerprint density at radius 3 is 2.53 bits per heavy atom. The summed E-state index contributed by atoms with van der Waals surface area (Å²) in [7, 11) is 1.86. The van der Waals surface area contributed by atoms with Crippen molar-refractivity contribution in [2.45, 2.75) is 0 Å². The van der Waals surface area contributed by atoms with Crippen molar-refractivity contribution < 1.29 is 0 Å². The lowest BCUT2D eigenvalue weighted by Gasteiger charge is -1.92. The SMILES string of the molecule is Cn1nc(Br)nc1/C=C/c1ccccc1. The van der Waals surface area contributed by atoms with Gasteiger partial charge < -0.3 is 0 Å². The van der Waals surface area contributed by atoms with Crippen LogP contribution in [0.3, 0.4) is 0 Å². The van der Waals surface area contributed by atoms with E-state index >= 15 is 0 Å². The average molecular weight is 264 g/mol. The molecule has 0 aliphatic heterocycles. The van der Waals surface area contributed by atoms with Gasteiger partial charge in [0.15, 0.2) is 5.82 Å². The Hall–Kier alpha value is -1.42. The predicted octanol–water partition coefficient (Wildman–Crippen LogP) is 2.75. The normalized spacial score (nSPS) is 11.1. The van der Waals surface area contributed by atoms with Crippen molar-refractivity contribution >= 4 is 28.1 Å². The second-order valence-corrected chi connectivity index (χ2v) is 3.82. The molecule has 0 fully saturated rings. The fourth-order valence-corrected chi connectivity index (χ4v) is 1.66. The predicted molar refractivity (Wildman–Crippen MR) is 64.1 cm³/mol. The Balaban J connectivity index is 2.22. The number of benzene rings is 1. The number of hydrogen-bond acceptors (Lipinski definition) is 2. The Labute approximate surface area is 96.6 Å². The summed E-state index contributed by atoms with van der Waals surface area (Å²) in [5.74, 6) is 0.825. The van der Waals surface area contributed by atoms with Crippen molar-refractivity contribution in [1.29, 1.82) is 0 Å². The number of nitrogens with zero attached hydrogens (tertiary/aromatic N) is 3. The summed E-state index contributed by atoms with van der Waals surface area (Å²) in [6, 6.07) is 10.1. The Bertz CT molecular complexity index is 474. The molecule has 1 heterocycles. The van der Waals surface area contributed by atoms with Gasteiger partial charge in [-0.25, -0.2) is 9.67 Å². The van der Waals surface area contributed by atoms with Gasteiger partial charge in [0.25, 0.3) is 0 Å². The second kappa shape index (κ2) is 4.40. The number of hydrogen-bond donors (Lipinski definition) is 0. The number of aryl methyl sites for hydroxylation is 1. The van der Waals surface area contributed by atoms with Crippen LogP contribution in [0.15, 0.2) is 35.1 Å². The summed E-state index contributed by atoms with van der Waals surface area (Å²) in [6.45, 7) is 0. The minimum Gasteiger partial charge on any atom is -0.248 e. The summed E-state index contributed by atoms with van der Waals surface area (Å²) < 4.78 is 2.33. The van der Waals surface area contributed by atoms with Crippen molar-refractivity contribution in [3.63, 3.8) is 0 Å². The standard InChI is InChI=1S/C11H10BrN3/c1-15-10(13-11(12)14-15)8-7-9-5-3-2-4-6-9/h2-8H,1H3/b8-7+. The van der Waals surface area contributed by atoms with E-state index < -0.39 is 0 Å². The highest BCUT2D eigenvalue weighted by Gasteiger charge is 1.99. The first-order valence-corrected chi connectivity index (χ1v) is 5.34. The largest absolute Gasteiger partial charge is 0.248 e. The van der Waals surface area contributed by atoms with Gasteiger partial charge in [0, 0.05) is 7.05 Å². The molecule has 4 heteroatoms. The van der Waals surface area contributed by atoms with Crippen molar-refractivity contribution in [1.82, 2.24) is 14.8 Å². The molecule has 0 aliphatic carbocycles. The highest BCUT2D eigenvalue weighted by molar-refractivity contribution is 9.10. The first kappa shape index (κ1) is 10.1. The number of halogens is 1. The van der Waals surface area contributed by atoms with Gasteiger partial charge in [-0.3, -0.25) is 0 Å². The average Bonchev–Trinajstić information content (AvgIpc) is 2.56. The van der Waals surface area contributed by atoms with E-state index in [1.165, 1.54) is 0 Å². The second-order valence-electron chi connectivity index (χ2n) is 3.11. The molecule has 0 N–H and O–H groups in total. The smallest absolute Gasteiger partial charge is 0.217 e. The fourth-order valence-electron chi connectivity index (χ4n) is 1.24. The molecule has 0 amide bonds. The number of rotatable bonds is 2. The van der Waals surface area contributed by atoms with Gasteiger partial charge in [-0.1, -0.05) is 36.4 Å². The van der Waals surface area contributed by atoms with E-state index in [2.05, 4.69) is 26.0 Å². The fraction of sp³-hybridized carbons (Fsp3) is 0.0909. The Morgan fingerprint density at radius 2 is 1.93 bits per heavy atom. The molecule has 0 radical (unpaired) electrons. The van der Waals surface area contributed by atoms with Gasteiger partial charge in [-0.2, -0.15) is 0 Å². The van der Waals surface area contributed by atoms with Crippen LogP contribution < -0.4 is 0 Å². The van der Waals surface area contributed by atoms with E-state index in [1.807, 2.05) is 49.5 Å². The van der Waals surface area contributed by atoms with Crippen LogP contribution in [-0.2, 0) is 7.05 Å². The molecule has 0 aliphatic rings. The van der Waals surface area contributed by atoms with Gasteiger partial charge in [0.1, 0.15) is 0 Å². The molecule has 0 unspecified atom stereocenters. The van der Waals surface area contributed by atoms with Gasteiger partial charge in [0.2, 0.25) is 4.73 Å². The quantitative estimate of drug-likeness (QED) is 0.835. The maximum absolute atomic E-state index is 4.21. The number of aromatic nitrogens is 3. The molecule has 1 aromatic heterocycles. The Morgan fingerprint density at radius 1 is 1.20 bits per heavy atom. The lowest BCUT2D eigenvalue weighted by molar-refractivity contribution is 0.751. The van der Waals surface area contributed by atoms with Crippen LogP contribution in [0.5, 0.6) is 0 Å². The van der Waals surface area contributed by atoms with Crippen LogP contribution in [-0.4, -0.2) is 14.8 Å². The molecule has 0 saturated heterocycles. The summed E-state index contributed by atoms with van der Waals surface area (Å²) >= 11 is 3.23. The zero-order valence-corrected chi connectivity index (χ0v) is 9.85. The van der Waals surface area contributed by atoms with E-state index in [0.717, 1.165) is 11.4 Å². The molecular weight excluding hydrogens is 254 g/mol. The minimum absolute atomic E-state index is 0.609. The lowest BCUT2D eigenvalue weighted by atomic mass is 10.2. The maximum atomic E-state index is 4.21. The van der Waals surface area contributed by atoms with Gasteiger partial charge in [0.05, 0.1) is 0 Å². The molecule has 76 valence electrons. The van der Waals surface area contributed by atoms with E-state index in [-0.39, 0.29) is 0 Å². The van der Waals surface area contributed by atoms with Gasteiger partial charge in [-0.05, 0) is 27.6 Å². The van der Waals surface area contributed by atoms with Gasteiger partial charge in [-0.15, -0.1) is 5.10 Å². The molecule has 0 spiro atoms. The molecule has 0 bridgehead atoms. The lowest BCUT2D eigenvalue weighted by Crippen LogP contribution is -1.92. The zero-order chi connectivity index (χ0) is 10.7. The highest BCUT2D eigenvalue weighted by atomic mass is 79.9. The van der Waals surface area contributed by atoms with Crippen LogP contribution >= 0.6 is 15.9 Å². The molecule has 15 heavy (non-hydrogen) atoms. The van der Waals surface area contributed by atoms with Gasteiger partial charge >= 0.3 is 0 Å². The Kier molecular flexibility index (Phi) is 2.97. The monoisotopic (exact) mass is 263 g/mol. The summed E-state index contributed by atoms with van der Waals surface area (Å²) in [4.78, 5) is 4.21. The molecule has 1 aromatic carbocycles. The van der Waals surface area contributed by atoms with Crippen LogP contribution in [0.25, 0.3) is 12.2 Å². The summed E-state index contributed by atoms with van der Waals surface area (Å²) in [5.41, 5.74) is 1.15. The van der Waals surface area contributed by atoms with Crippen molar-refractivity contribution in [2.24, 2.45) is 7.05 Å². The molecule has 3 nitrogen and oxygen atoms in total. The van der Waals surface area contributed by atoms with E-state index in [1.54, 1.807) is 4.68 Å². The third-order valence-corrected chi connectivity index (χ3v) is 2.33. The van der Waals surface area contributed by atoms with E-state index in [0.29, 0.717) is 4.73 Å². The van der Waals surface area contributed by atoms with Crippen LogP contribution in [0.2, 0.25) is 0 Å². The van der Waals surface area contributed by atoms with Crippen LogP contribution in [0, 0.1) is 0 Å². The molecular formula is C11H10BrN3. The highest BCUT2D eigenvalue weighted by Crippen LogP contribution is 2.08. The summed E-state index contributed by atoms with van der Waals surface area (Å²) in [6.07, 6.45) is 3.95. The van der Waals surface area contributed by atoms with Crippen molar-refractivity contribution in [2.75, 3.05) is 0 Å². The van der Waals surface area contributed by atoms with Crippen LogP contribution in [0.1, 0.15) is 11.4 Å². The minimum atomic E-state index is 0.609. The zero-order valence-electron chi connectivity index (χ0n) is 8.26.